The molecule has 0 aliphatic carbocycles. The van der Waals surface area contributed by atoms with Gasteiger partial charge < -0.3 is 10.4 Å². The number of aromatic nitrogens is 2. The Morgan fingerprint density at radius 1 is 1.43 bits per heavy atom. The van der Waals surface area contributed by atoms with Crippen LogP contribution in [0.15, 0.2) is 21.9 Å². The van der Waals surface area contributed by atoms with Gasteiger partial charge in [0.1, 0.15) is 6.54 Å². The molecule has 1 aromatic heterocycles. The zero-order chi connectivity index (χ0) is 16.2. The molecule has 0 saturated heterocycles. The average Bonchev–Trinajstić information content (AvgIpc) is 2.36. The summed E-state index contributed by atoms with van der Waals surface area (Å²) in [7, 11) is 1.35. The Kier molecular flexibility index (Phi) is 5.48. The zero-order valence-electron chi connectivity index (χ0n) is 12.9. The fraction of sp³-hybridized carbons (Fsp3) is 0.643. The quantitative estimate of drug-likeness (QED) is 0.737. The lowest BCUT2D eigenvalue weighted by Gasteiger charge is -2.25. The van der Waals surface area contributed by atoms with Crippen LogP contribution < -0.4 is 16.6 Å². The highest BCUT2D eigenvalue weighted by atomic mass is 16.3. The molecule has 118 valence electrons. The van der Waals surface area contributed by atoms with E-state index in [1.807, 2.05) is 13.8 Å². The normalized spacial score (nSPS) is 14.0. The van der Waals surface area contributed by atoms with Gasteiger partial charge in [0, 0.05) is 25.9 Å². The van der Waals surface area contributed by atoms with Crippen molar-refractivity contribution in [3.63, 3.8) is 0 Å². The van der Waals surface area contributed by atoms with Crippen molar-refractivity contribution in [2.75, 3.05) is 6.54 Å². The van der Waals surface area contributed by atoms with Crippen molar-refractivity contribution < 1.29 is 9.90 Å². The predicted octanol–water partition coefficient (Wildman–Crippen LogP) is -0.540. The summed E-state index contributed by atoms with van der Waals surface area (Å²) in [5, 5.41) is 12.7. The zero-order valence-corrected chi connectivity index (χ0v) is 12.9. The molecule has 0 aliphatic rings. The number of carbonyl (C=O) groups excluding carboxylic acids is 1. The van der Waals surface area contributed by atoms with E-state index in [1.54, 1.807) is 6.92 Å². The molecule has 0 bridgehead atoms. The Morgan fingerprint density at radius 3 is 2.62 bits per heavy atom. The average molecular weight is 297 g/mol. The van der Waals surface area contributed by atoms with E-state index in [0.717, 1.165) is 9.13 Å². The van der Waals surface area contributed by atoms with E-state index in [2.05, 4.69) is 5.32 Å². The Labute approximate surface area is 123 Å². The molecule has 1 amide bonds. The van der Waals surface area contributed by atoms with Crippen LogP contribution in [0.25, 0.3) is 0 Å². The third kappa shape index (κ3) is 5.18. The summed E-state index contributed by atoms with van der Waals surface area (Å²) in [6.07, 6.45) is 1.85. The second kappa shape index (κ2) is 6.71. The van der Waals surface area contributed by atoms with Gasteiger partial charge in [0.2, 0.25) is 5.91 Å². The smallest absolute Gasteiger partial charge is 0.331 e. The highest BCUT2D eigenvalue weighted by Gasteiger charge is 2.22. The molecule has 21 heavy (non-hydrogen) atoms. The SMILES string of the molecule is CC(C)CC(C)(O)CNC(=O)Cn1ccc(=O)n(C)c1=O. The van der Waals surface area contributed by atoms with E-state index in [4.69, 9.17) is 0 Å². The van der Waals surface area contributed by atoms with Crippen molar-refractivity contribution >= 4 is 5.91 Å². The van der Waals surface area contributed by atoms with Gasteiger partial charge in [0.05, 0.1) is 5.60 Å². The Balaban J connectivity index is 2.65. The number of hydrogen-bond acceptors (Lipinski definition) is 4. The van der Waals surface area contributed by atoms with Crippen LogP contribution in [0.2, 0.25) is 0 Å². The maximum absolute atomic E-state index is 11.8. The summed E-state index contributed by atoms with van der Waals surface area (Å²) in [6, 6.07) is 1.23. The first-order valence-corrected chi connectivity index (χ1v) is 6.88. The number of nitrogens with zero attached hydrogens (tertiary/aromatic N) is 2. The molecule has 1 atom stereocenters. The third-order valence-corrected chi connectivity index (χ3v) is 3.09. The van der Waals surface area contributed by atoms with Gasteiger partial charge in [-0.3, -0.25) is 18.7 Å². The van der Waals surface area contributed by atoms with Gasteiger partial charge in [0.15, 0.2) is 0 Å². The second-order valence-electron chi connectivity index (χ2n) is 6.00. The van der Waals surface area contributed by atoms with E-state index >= 15 is 0 Å². The minimum absolute atomic E-state index is 0.116. The number of nitrogens with one attached hydrogen (secondary N) is 1. The predicted molar refractivity (Wildman–Crippen MR) is 79.0 cm³/mol. The Morgan fingerprint density at radius 2 is 2.05 bits per heavy atom. The lowest BCUT2D eigenvalue weighted by atomic mass is 9.94. The summed E-state index contributed by atoms with van der Waals surface area (Å²) < 4.78 is 2.08. The molecule has 0 aliphatic heterocycles. The molecule has 0 aromatic carbocycles. The molecule has 1 rings (SSSR count). The highest BCUT2D eigenvalue weighted by molar-refractivity contribution is 5.75. The van der Waals surface area contributed by atoms with E-state index in [-0.39, 0.29) is 19.0 Å². The summed E-state index contributed by atoms with van der Waals surface area (Å²) in [4.78, 5) is 34.8. The van der Waals surface area contributed by atoms with Crippen molar-refractivity contribution in [1.82, 2.24) is 14.5 Å². The Bertz CT molecular complexity index is 613. The number of rotatable bonds is 6. The van der Waals surface area contributed by atoms with Gasteiger partial charge in [-0.05, 0) is 19.3 Å². The molecule has 0 saturated carbocycles. The van der Waals surface area contributed by atoms with E-state index in [0.29, 0.717) is 12.3 Å². The fourth-order valence-electron chi connectivity index (χ4n) is 2.19. The molecule has 1 heterocycles. The number of carbonyl (C=O) groups is 1. The van der Waals surface area contributed by atoms with E-state index < -0.39 is 16.9 Å². The molecule has 2 N–H and O–H groups in total. The fourth-order valence-corrected chi connectivity index (χ4v) is 2.19. The molecule has 0 fully saturated rings. The maximum atomic E-state index is 11.8. The van der Waals surface area contributed by atoms with E-state index in [1.165, 1.54) is 19.3 Å². The van der Waals surface area contributed by atoms with Crippen molar-refractivity contribution in [1.29, 1.82) is 0 Å². The van der Waals surface area contributed by atoms with Crippen LogP contribution in [0.4, 0.5) is 0 Å². The van der Waals surface area contributed by atoms with Gasteiger partial charge in [-0.2, -0.15) is 0 Å². The van der Waals surface area contributed by atoms with Gasteiger partial charge in [-0.25, -0.2) is 4.79 Å². The lowest BCUT2D eigenvalue weighted by molar-refractivity contribution is -0.123. The van der Waals surface area contributed by atoms with Crippen LogP contribution >= 0.6 is 0 Å². The van der Waals surface area contributed by atoms with Crippen molar-refractivity contribution in [3.05, 3.63) is 33.1 Å². The maximum Gasteiger partial charge on any atom is 0.331 e. The molecular formula is C14H23N3O4. The first-order valence-electron chi connectivity index (χ1n) is 6.88. The molecule has 1 aromatic rings. The van der Waals surface area contributed by atoms with Gasteiger partial charge in [0.25, 0.3) is 5.56 Å². The minimum atomic E-state index is -0.988. The third-order valence-electron chi connectivity index (χ3n) is 3.09. The van der Waals surface area contributed by atoms with Crippen LogP contribution in [0, 0.1) is 5.92 Å². The second-order valence-corrected chi connectivity index (χ2v) is 6.00. The molecule has 0 spiro atoms. The number of aliphatic hydroxyl groups is 1. The van der Waals surface area contributed by atoms with Crippen molar-refractivity contribution in [3.8, 4) is 0 Å². The summed E-state index contributed by atoms with van der Waals surface area (Å²) >= 11 is 0. The van der Waals surface area contributed by atoms with Crippen LogP contribution in [0.3, 0.4) is 0 Å². The molecule has 7 nitrogen and oxygen atoms in total. The summed E-state index contributed by atoms with van der Waals surface area (Å²) in [5.74, 6) is -0.0806. The topological polar surface area (TPSA) is 93.3 Å². The highest BCUT2D eigenvalue weighted by Crippen LogP contribution is 2.14. The van der Waals surface area contributed by atoms with Crippen LogP contribution in [0.5, 0.6) is 0 Å². The largest absolute Gasteiger partial charge is 0.388 e. The standard InChI is InChI=1S/C14H23N3O4/c1-10(2)7-14(3,21)9-15-11(18)8-17-6-5-12(19)16(4)13(17)20/h5-6,10,21H,7-9H2,1-4H3,(H,15,18). The Hall–Kier alpha value is -1.89. The van der Waals surface area contributed by atoms with E-state index in [9.17, 15) is 19.5 Å². The van der Waals surface area contributed by atoms with Gasteiger partial charge in [-0.15, -0.1) is 0 Å². The van der Waals surface area contributed by atoms with Crippen molar-refractivity contribution in [2.45, 2.75) is 39.3 Å². The van der Waals surface area contributed by atoms with Crippen LogP contribution in [0.1, 0.15) is 27.2 Å². The van der Waals surface area contributed by atoms with Crippen LogP contribution in [-0.2, 0) is 18.4 Å². The molecule has 1 unspecified atom stereocenters. The number of hydrogen-bond donors (Lipinski definition) is 2. The first kappa shape index (κ1) is 17.2. The number of amides is 1. The summed E-state index contributed by atoms with van der Waals surface area (Å²) in [5.41, 5.74) is -1.96. The minimum Gasteiger partial charge on any atom is -0.388 e. The van der Waals surface area contributed by atoms with Gasteiger partial charge in [-0.1, -0.05) is 13.8 Å². The monoisotopic (exact) mass is 297 g/mol. The molecular weight excluding hydrogens is 274 g/mol. The molecule has 7 heteroatoms. The molecule has 0 radical (unpaired) electrons. The van der Waals surface area contributed by atoms with Crippen molar-refractivity contribution in [2.24, 2.45) is 13.0 Å². The summed E-state index contributed by atoms with van der Waals surface area (Å²) in [6.45, 7) is 5.56. The lowest BCUT2D eigenvalue weighted by Crippen LogP contribution is -2.44. The van der Waals surface area contributed by atoms with Gasteiger partial charge >= 0.3 is 5.69 Å². The van der Waals surface area contributed by atoms with Crippen LogP contribution in [-0.4, -0.2) is 32.3 Å². The first-order chi connectivity index (χ1) is 9.62.